The second kappa shape index (κ2) is 10.2. The van der Waals surface area contributed by atoms with Crippen molar-refractivity contribution in [2.45, 2.75) is 25.5 Å². The van der Waals surface area contributed by atoms with E-state index in [1.165, 1.54) is 7.11 Å². The van der Waals surface area contributed by atoms with Gasteiger partial charge in [-0.15, -0.1) is 0 Å². The Balaban J connectivity index is 2.77. The van der Waals surface area contributed by atoms with Gasteiger partial charge in [0, 0.05) is 7.11 Å². The highest BCUT2D eigenvalue weighted by molar-refractivity contribution is 7.98. The van der Waals surface area contributed by atoms with Gasteiger partial charge < -0.3 is 14.8 Å². The summed E-state index contributed by atoms with van der Waals surface area (Å²) >= 11 is 1.61. The van der Waals surface area contributed by atoms with Gasteiger partial charge in [-0.1, -0.05) is 30.3 Å². The molecule has 0 radical (unpaired) electrons. The average molecular weight is 325 g/mol. The molecule has 6 heteroatoms. The Hall–Kier alpha value is -1.53. The number of benzene rings is 1. The summed E-state index contributed by atoms with van der Waals surface area (Å²) in [5, 5.41) is 2.73. The lowest BCUT2D eigenvalue weighted by Crippen LogP contribution is -2.44. The quantitative estimate of drug-likeness (QED) is 0.705. The Morgan fingerprint density at radius 1 is 1.27 bits per heavy atom. The van der Waals surface area contributed by atoms with Crippen molar-refractivity contribution in [3.05, 3.63) is 35.9 Å². The number of carbonyl (C=O) groups is 2. The first-order chi connectivity index (χ1) is 10.6. The summed E-state index contributed by atoms with van der Waals surface area (Å²) < 4.78 is 10.3. The van der Waals surface area contributed by atoms with Gasteiger partial charge in [0.05, 0.1) is 6.61 Å². The lowest BCUT2D eigenvalue weighted by Gasteiger charge is -2.21. The largest absolute Gasteiger partial charge is 0.464 e. The molecule has 0 fully saturated rings. The molecule has 0 bridgehead atoms. The van der Waals surface area contributed by atoms with Crippen molar-refractivity contribution < 1.29 is 19.1 Å². The van der Waals surface area contributed by atoms with Crippen molar-refractivity contribution in [2.24, 2.45) is 0 Å². The van der Waals surface area contributed by atoms with Crippen LogP contribution in [0.15, 0.2) is 30.3 Å². The number of hydrogen-bond acceptors (Lipinski definition) is 5. The molecule has 1 rings (SSSR count). The third-order valence-corrected chi connectivity index (χ3v) is 3.72. The molecule has 5 nitrogen and oxygen atoms in total. The summed E-state index contributed by atoms with van der Waals surface area (Å²) in [5.74, 6) is 0.00731. The van der Waals surface area contributed by atoms with E-state index in [2.05, 4.69) is 5.32 Å². The normalized spacial score (nSPS) is 13.2. The van der Waals surface area contributed by atoms with E-state index in [0.717, 1.165) is 11.3 Å². The van der Waals surface area contributed by atoms with Crippen molar-refractivity contribution >= 4 is 23.6 Å². The SMILES string of the molecule is CCOC(=O)[C@H](CCSC)NC(=O)[C@@H](OC)c1ccccc1. The molecule has 0 saturated carbocycles. The van der Waals surface area contributed by atoms with Gasteiger partial charge in [-0.05, 0) is 30.9 Å². The van der Waals surface area contributed by atoms with Crippen LogP contribution in [-0.2, 0) is 19.1 Å². The van der Waals surface area contributed by atoms with Gasteiger partial charge in [-0.25, -0.2) is 4.79 Å². The molecule has 0 aromatic heterocycles. The summed E-state index contributed by atoms with van der Waals surface area (Å²) in [5.41, 5.74) is 0.745. The Kier molecular flexibility index (Phi) is 8.62. The molecule has 0 saturated heterocycles. The molecule has 0 spiro atoms. The van der Waals surface area contributed by atoms with Crippen LogP contribution in [0.2, 0.25) is 0 Å². The van der Waals surface area contributed by atoms with Crippen LogP contribution in [-0.4, -0.2) is 43.6 Å². The van der Waals surface area contributed by atoms with Crippen LogP contribution in [0.1, 0.15) is 25.0 Å². The topological polar surface area (TPSA) is 64.6 Å². The first-order valence-corrected chi connectivity index (χ1v) is 8.57. The summed E-state index contributed by atoms with van der Waals surface area (Å²) in [7, 11) is 1.47. The number of amides is 1. The molecule has 0 heterocycles. The highest BCUT2D eigenvalue weighted by Gasteiger charge is 2.27. The van der Waals surface area contributed by atoms with Gasteiger partial charge in [-0.2, -0.15) is 11.8 Å². The van der Waals surface area contributed by atoms with Gasteiger partial charge in [0.15, 0.2) is 6.10 Å². The maximum atomic E-state index is 12.4. The molecule has 1 amide bonds. The third-order valence-electron chi connectivity index (χ3n) is 3.07. The number of esters is 1. The number of ether oxygens (including phenoxy) is 2. The van der Waals surface area contributed by atoms with Gasteiger partial charge in [0.25, 0.3) is 5.91 Å². The zero-order valence-electron chi connectivity index (χ0n) is 13.2. The standard InChI is InChI=1S/C16H23NO4S/c1-4-21-16(19)13(10-11-22-3)17-15(18)14(20-2)12-8-6-5-7-9-12/h5-9,13-14H,4,10-11H2,1-3H3,(H,17,18)/t13-,14-/m0/s1. The summed E-state index contributed by atoms with van der Waals surface area (Å²) in [4.78, 5) is 24.4. The number of rotatable bonds is 9. The third kappa shape index (κ3) is 5.69. The molecule has 1 N–H and O–H groups in total. The molecule has 0 aliphatic carbocycles. The van der Waals surface area contributed by atoms with Crippen LogP contribution in [0, 0.1) is 0 Å². The van der Waals surface area contributed by atoms with Crippen LogP contribution in [0.25, 0.3) is 0 Å². The Bertz CT molecular complexity index is 466. The fourth-order valence-corrected chi connectivity index (χ4v) is 2.47. The Morgan fingerprint density at radius 2 is 1.95 bits per heavy atom. The van der Waals surface area contributed by atoms with Gasteiger partial charge in [-0.3, -0.25) is 4.79 Å². The summed E-state index contributed by atoms with van der Waals surface area (Å²) in [6.45, 7) is 2.03. The zero-order chi connectivity index (χ0) is 16.4. The zero-order valence-corrected chi connectivity index (χ0v) is 14.0. The van der Waals surface area contributed by atoms with Crippen molar-refractivity contribution in [3.8, 4) is 0 Å². The van der Waals surface area contributed by atoms with Crippen LogP contribution in [0.3, 0.4) is 0 Å². The molecular weight excluding hydrogens is 302 g/mol. The predicted octanol–water partition coefficient (Wildman–Crippen LogP) is 2.18. The van der Waals surface area contributed by atoms with Gasteiger partial charge in [0.2, 0.25) is 0 Å². The van der Waals surface area contributed by atoms with Gasteiger partial charge >= 0.3 is 5.97 Å². The summed E-state index contributed by atoms with van der Waals surface area (Å²) in [6.07, 6.45) is 1.73. The van der Waals surface area contributed by atoms with Crippen molar-refractivity contribution in [2.75, 3.05) is 25.7 Å². The minimum Gasteiger partial charge on any atom is -0.464 e. The second-order valence-electron chi connectivity index (χ2n) is 4.62. The van der Waals surface area contributed by atoms with Crippen molar-refractivity contribution in [1.82, 2.24) is 5.32 Å². The van der Waals surface area contributed by atoms with Gasteiger partial charge in [0.1, 0.15) is 6.04 Å². The fraction of sp³-hybridized carbons (Fsp3) is 0.500. The molecule has 122 valence electrons. The molecular formula is C16H23NO4S. The van der Waals surface area contributed by atoms with Crippen LogP contribution >= 0.6 is 11.8 Å². The Labute approximate surface area is 135 Å². The van der Waals surface area contributed by atoms with E-state index in [9.17, 15) is 9.59 Å². The second-order valence-corrected chi connectivity index (χ2v) is 5.61. The molecule has 22 heavy (non-hydrogen) atoms. The van der Waals surface area contributed by atoms with Crippen molar-refractivity contribution in [1.29, 1.82) is 0 Å². The molecule has 2 atom stereocenters. The lowest BCUT2D eigenvalue weighted by molar-refractivity contribution is -0.148. The van der Waals surface area contributed by atoms with E-state index in [-0.39, 0.29) is 12.5 Å². The highest BCUT2D eigenvalue weighted by Crippen LogP contribution is 2.17. The fourth-order valence-electron chi connectivity index (χ4n) is 2.00. The van der Waals surface area contributed by atoms with E-state index in [1.807, 2.05) is 36.6 Å². The average Bonchev–Trinajstić information content (AvgIpc) is 2.53. The van der Waals surface area contributed by atoms with E-state index in [4.69, 9.17) is 9.47 Å². The van der Waals surface area contributed by atoms with Crippen LogP contribution < -0.4 is 5.32 Å². The molecule has 0 aliphatic rings. The molecule has 1 aromatic rings. The first kappa shape index (κ1) is 18.5. The molecule has 1 aromatic carbocycles. The number of methoxy groups -OCH3 is 1. The maximum Gasteiger partial charge on any atom is 0.328 e. The Morgan fingerprint density at radius 3 is 2.50 bits per heavy atom. The van der Waals surface area contributed by atoms with E-state index < -0.39 is 18.1 Å². The smallest absolute Gasteiger partial charge is 0.328 e. The number of carbonyl (C=O) groups excluding carboxylic acids is 2. The predicted molar refractivity (Wildman–Crippen MR) is 87.8 cm³/mol. The van der Waals surface area contributed by atoms with Crippen molar-refractivity contribution in [3.63, 3.8) is 0 Å². The lowest BCUT2D eigenvalue weighted by atomic mass is 10.1. The minimum absolute atomic E-state index is 0.289. The van der Waals surface area contributed by atoms with E-state index >= 15 is 0 Å². The number of nitrogens with one attached hydrogen (secondary N) is 1. The first-order valence-electron chi connectivity index (χ1n) is 7.17. The van der Waals surface area contributed by atoms with E-state index in [0.29, 0.717) is 6.42 Å². The molecule has 0 unspecified atom stereocenters. The number of hydrogen-bond donors (Lipinski definition) is 1. The summed E-state index contributed by atoms with van der Waals surface area (Å²) in [6, 6.07) is 8.52. The highest BCUT2D eigenvalue weighted by atomic mass is 32.2. The maximum absolute atomic E-state index is 12.4. The monoisotopic (exact) mass is 325 g/mol. The minimum atomic E-state index is -0.743. The van der Waals surface area contributed by atoms with Crippen LogP contribution in [0.5, 0.6) is 0 Å². The molecule has 0 aliphatic heterocycles. The van der Waals surface area contributed by atoms with E-state index in [1.54, 1.807) is 18.7 Å². The number of thioether (sulfide) groups is 1. The van der Waals surface area contributed by atoms with Crippen LogP contribution in [0.4, 0.5) is 0 Å².